The predicted octanol–water partition coefficient (Wildman–Crippen LogP) is 3.60. The van der Waals surface area contributed by atoms with E-state index in [1.54, 1.807) is 0 Å². The lowest BCUT2D eigenvalue weighted by Crippen LogP contribution is -2.30. The number of nitrogens with zero attached hydrogens (tertiary/aromatic N) is 1. The molecule has 0 heterocycles. The van der Waals surface area contributed by atoms with Crippen molar-refractivity contribution in [2.24, 2.45) is 17.6 Å². The number of hydrogen-bond donors (Lipinski definition) is 1. The third-order valence-corrected chi connectivity index (χ3v) is 4.37. The Morgan fingerprint density at radius 3 is 2.26 bits per heavy atom. The SMILES string of the molecule is NC(=S)c1ccc(Cl)cc1N(CC1CC1)CC1CC1. The van der Waals surface area contributed by atoms with E-state index in [2.05, 4.69) is 4.90 Å². The van der Waals surface area contributed by atoms with Gasteiger partial charge in [0.25, 0.3) is 0 Å². The zero-order chi connectivity index (χ0) is 13.4. The highest BCUT2D eigenvalue weighted by atomic mass is 35.5. The molecular weight excluding hydrogens is 276 g/mol. The Kier molecular flexibility index (Phi) is 3.68. The molecule has 2 nitrogen and oxygen atoms in total. The van der Waals surface area contributed by atoms with Crippen molar-refractivity contribution in [3.05, 3.63) is 28.8 Å². The molecule has 0 spiro atoms. The summed E-state index contributed by atoms with van der Waals surface area (Å²) in [6, 6.07) is 5.83. The maximum absolute atomic E-state index is 6.16. The molecule has 2 saturated carbocycles. The highest BCUT2D eigenvalue weighted by molar-refractivity contribution is 7.80. The van der Waals surface area contributed by atoms with Crippen LogP contribution >= 0.6 is 23.8 Å². The first-order chi connectivity index (χ1) is 9.13. The first kappa shape index (κ1) is 13.2. The van der Waals surface area contributed by atoms with E-state index in [0.29, 0.717) is 4.99 Å². The topological polar surface area (TPSA) is 29.3 Å². The van der Waals surface area contributed by atoms with E-state index in [9.17, 15) is 0 Å². The summed E-state index contributed by atoms with van der Waals surface area (Å²) >= 11 is 11.3. The maximum atomic E-state index is 6.16. The summed E-state index contributed by atoms with van der Waals surface area (Å²) in [6.45, 7) is 2.24. The van der Waals surface area contributed by atoms with Gasteiger partial charge in [0.2, 0.25) is 0 Å². The van der Waals surface area contributed by atoms with Gasteiger partial charge in [-0.2, -0.15) is 0 Å². The molecule has 19 heavy (non-hydrogen) atoms. The summed E-state index contributed by atoms with van der Waals surface area (Å²) in [7, 11) is 0. The molecule has 0 radical (unpaired) electrons. The molecule has 0 unspecified atom stereocenters. The summed E-state index contributed by atoms with van der Waals surface area (Å²) in [6.07, 6.45) is 5.41. The first-order valence-corrected chi connectivity index (χ1v) is 7.76. The van der Waals surface area contributed by atoms with Gasteiger partial charge in [0.15, 0.2) is 0 Å². The number of thiocarbonyl (C=S) groups is 1. The summed E-state index contributed by atoms with van der Waals surface area (Å²) in [4.78, 5) is 2.92. The molecule has 2 N–H and O–H groups in total. The standard InChI is InChI=1S/C15H19ClN2S/c16-12-5-6-13(15(17)19)14(7-12)18(8-10-1-2-10)9-11-3-4-11/h5-7,10-11H,1-4,8-9H2,(H2,17,19). The van der Waals surface area contributed by atoms with Crippen molar-refractivity contribution in [2.45, 2.75) is 25.7 Å². The van der Waals surface area contributed by atoms with Crippen molar-refractivity contribution < 1.29 is 0 Å². The van der Waals surface area contributed by atoms with Gasteiger partial charge in [-0.3, -0.25) is 0 Å². The van der Waals surface area contributed by atoms with Crippen LogP contribution in [0.2, 0.25) is 5.02 Å². The predicted molar refractivity (Wildman–Crippen MR) is 85.0 cm³/mol. The zero-order valence-corrected chi connectivity index (χ0v) is 12.5. The van der Waals surface area contributed by atoms with E-state index < -0.39 is 0 Å². The molecule has 0 atom stereocenters. The number of benzene rings is 1. The van der Waals surface area contributed by atoms with Crippen LogP contribution in [0.5, 0.6) is 0 Å². The van der Waals surface area contributed by atoms with Crippen molar-refractivity contribution in [2.75, 3.05) is 18.0 Å². The average Bonchev–Trinajstić information content (AvgIpc) is 3.22. The molecule has 2 aliphatic carbocycles. The molecule has 1 aromatic rings. The lowest BCUT2D eigenvalue weighted by molar-refractivity contribution is 0.679. The molecule has 0 aromatic heterocycles. The summed E-state index contributed by atoms with van der Waals surface area (Å²) in [5.41, 5.74) is 7.94. The molecular formula is C15H19ClN2S. The van der Waals surface area contributed by atoms with Gasteiger partial charge < -0.3 is 10.6 Å². The van der Waals surface area contributed by atoms with Crippen molar-refractivity contribution in [3.63, 3.8) is 0 Å². The molecule has 4 heteroatoms. The molecule has 0 saturated heterocycles. The third-order valence-electron chi connectivity index (χ3n) is 3.92. The Labute approximate surface area is 124 Å². The average molecular weight is 295 g/mol. The van der Waals surface area contributed by atoms with Gasteiger partial charge in [-0.15, -0.1) is 0 Å². The lowest BCUT2D eigenvalue weighted by atomic mass is 10.1. The smallest absolute Gasteiger partial charge is 0.106 e. The minimum absolute atomic E-state index is 0.461. The Balaban J connectivity index is 1.89. The van der Waals surface area contributed by atoms with E-state index in [1.807, 2.05) is 18.2 Å². The Morgan fingerprint density at radius 2 is 1.79 bits per heavy atom. The fourth-order valence-electron chi connectivity index (χ4n) is 2.47. The van der Waals surface area contributed by atoms with Gasteiger partial charge in [0, 0.05) is 29.4 Å². The number of nitrogens with two attached hydrogens (primary N) is 1. The second-order valence-electron chi connectivity index (χ2n) is 5.82. The van der Waals surface area contributed by atoms with Crippen molar-refractivity contribution in [3.8, 4) is 0 Å². The van der Waals surface area contributed by atoms with Crippen LogP contribution in [0.3, 0.4) is 0 Å². The van der Waals surface area contributed by atoms with Crippen molar-refractivity contribution in [1.29, 1.82) is 0 Å². The molecule has 2 aliphatic rings. The van der Waals surface area contributed by atoms with Gasteiger partial charge in [-0.1, -0.05) is 23.8 Å². The van der Waals surface area contributed by atoms with Crippen LogP contribution in [-0.4, -0.2) is 18.1 Å². The van der Waals surface area contributed by atoms with Crippen molar-refractivity contribution >= 4 is 34.5 Å². The highest BCUT2D eigenvalue weighted by Gasteiger charge is 2.30. The van der Waals surface area contributed by atoms with Crippen LogP contribution in [0.25, 0.3) is 0 Å². The third kappa shape index (κ3) is 3.40. The quantitative estimate of drug-likeness (QED) is 0.813. The minimum atomic E-state index is 0.461. The van der Waals surface area contributed by atoms with Gasteiger partial charge in [0.1, 0.15) is 4.99 Å². The zero-order valence-electron chi connectivity index (χ0n) is 10.9. The summed E-state index contributed by atoms with van der Waals surface area (Å²) < 4.78 is 0. The maximum Gasteiger partial charge on any atom is 0.106 e. The normalized spacial score (nSPS) is 18.4. The van der Waals surface area contributed by atoms with Crippen molar-refractivity contribution in [1.82, 2.24) is 0 Å². The fourth-order valence-corrected chi connectivity index (χ4v) is 2.81. The molecule has 1 aromatic carbocycles. The van der Waals surface area contributed by atoms with Crippen LogP contribution in [0.1, 0.15) is 31.2 Å². The number of anilines is 1. The molecule has 2 fully saturated rings. The summed E-state index contributed by atoms with van der Waals surface area (Å²) in [5.74, 6) is 1.69. The molecule has 0 amide bonds. The fraction of sp³-hybridized carbons (Fsp3) is 0.533. The van der Waals surface area contributed by atoms with Crippen LogP contribution in [0.15, 0.2) is 18.2 Å². The van der Waals surface area contributed by atoms with E-state index >= 15 is 0 Å². The Hall–Kier alpha value is -0.800. The largest absolute Gasteiger partial charge is 0.389 e. The van der Waals surface area contributed by atoms with E-state index in [0.717, 1.165) is 41.2 Å². The second-order valence-corrected chi connectivity index (χ2v) is 6.69. The first-order valence-electron chi connectivity index (χ1n) is 6.98. The molecule has 102 valence electrons. The van der Waals surface area contributed by atoms with Crippen LogP contribution < -0.4 is 10.6 Å². The second kappa shape index (κ2) is 5.29. The number of hydrogen-bond acceptors (Lipinski definition) is 2. The van der Waals surface area contributed by atoms with E-state index in [4.69, 9.17) is 29.6 Å². The Morgan fingerprint density at radius 1 is 1.21 bits per heavy atom. The highest BCUT2D eigenvalue weighted by Crippen LogP contribution is 2.37. The number of rotatable bonds is 6. The van der Waals surface area contributed by atoms with Gasteiger partial charge >= 0.3 is 0 Å². The minimum Gasteiger partial charge on any atom is -0.389 e. The monoisotopic (exact) mass is 294 g/mol. The number of halogens is 1. The molecule has 0 aliphatic heterocycles. The van der Waals surface area contributed by atoms with Gasteiger partial charge in [0.05, 0.1) is 0 Å². The molecule has 3 rings (SSSR count). The van der Waals surface area contributed by atoms with E-state index in [-0.39, 0.29) is 0 Å². The van der Waals surface area contributed by atoms with Crippen LogP contribution in [0, 0.1) is 11.8 Å². The summed E-state index contributed by atoms with van der Waals surface area (Å²) in [5, 5.41) is 0.756. The van der Waals surface area contributed by atoms with Crippen LogP contribution in [0.4, 0.5) is 5.69 Å². The Bertz CT molecular complexity index is 481. The van der Waals surface area contributed by atoms with E-state index in [1.165, 1.54) is 25.7 Å². The van der Waals surface area contributed by atoms with Crippen LogP contribution in [-0.2, 0) is 0 Å². The van der Waals surface area contributed by atoms with Gasteiger partial charge in [-0.25, -0.2) is 0 Å². The lowest BCUT2D eigenvalue weighted by Gasteiger charge is -2.27. The molecule has 0 bridgehead atoms. The van der Waals surface area contributed by atoms with Gasteiger partial charge in [-0.05, 0) is 55.7 Å².